The summed E-state index contributed by atoms with van der Waals surface area (Å²) in [5.41, 5.74) is 5.53. The fourth-order valence-electron chi connectivity index (χ4n) is 1.62. The maximum absolute atomic E-state index is 13.5. The Balaban J connectivity index is 2.48. The Morgan fingerprint density at radius 2 is 1.65 bits per heavy atom. The number of benzene rings is 2. The van der Waals surface area contributed by atoms with E-state index >= 15 is 0 Å². The first-order chi connectivity index (χ1) is 9.30. The quantitative estimate of drug-likeness (QED) is 0.885. The number of rotatable bonds is 3. The van der Waals surface area contributed by atoms with E-state index in [2.05, 4.69) is 0 Å². The Bertz CT molecular complexity index is 760. The third kappa shape index (κ3) is 2.72. The number of sulfone groups is 1. The lowest BCUT2D eigenvalue weighted by Gasteiger charge is -2.11. The van der Waals surface area contributed by atoms with Crippen molar-refractivity contribution in [2.45, 2.75) is 4.90 Å². The number of nitrogens with two attached hydrogens (primary N) is 1. The van der Waals surface area contributed by atoms with Crippen molar-refractivity contribution in [2.24, 2.45) is 0 Å². The van der Waals surface area contributed by atoms with Gasteiger partial charge in [-0.1, -0.05) is 12.1 Å². The zero-order chi connectivity index (χ0) is 14.9. The Morgan fingerprint density at radius 3 is 2.30 bits per heavy atom. The van der Waals surface area contributed by atoms with Gasteiger partial charge in [0.1, 0.15) is 0 Å². The van der Waals surface area contributed by atoms with Gasteiger partial charge >= 0.3 is 0 Å². The highest BCUT2D eigenvalue weighted by molar-refractivity contribution is 7.90. The molecule has 2 aromatic carbocycles. The lowest BCUT2D eigenvalue weighted by Crippen LogP contribution is -2.04. The molecule has 7 heteroatoms. The molecule has 0 aliphatic rings. The van der Waals surface area contributed by atoms with Crippen molar-refractivity contribution in [2.75, 3.05) is 12.0 Å². The lowest BCUT2D eigenvalue weighted by molar-refractivity contribution is 0.416. The summed E-state index contributed by atoms with van der Waals surface area (Å²) in [6, 6.07) is 7.50. The van der Waals surface area contributed by atoms with Crippen LogP contribution in [0, 0.1) is 11.6 Å². The first-order valence-electron chi connectivity index (χ1n) is 5.51. The first-order valence-corrected chi connectivity index (χ1v) is 7.40. The van der Waals surface area contributed by atoms with Gasteiger partial charge in [0.2, 0.25) is 5.82 Å². The van der Waals surface area contributed by atoms with Crippen LogP contribution in [0.4, 0.5) is 14.5 Å². The van der Waals surface area contributed by atoms with Crippen molar-refractivity contribution in [1.82, 2.24) is 0 Å². The predicted molar refractivity (Wildman–Crippen MR) is 70.4 cm³/mol. The van der Waals surface area contributed by atoms with E-state index in [-0.39, 0.29) is 22.1 Å². The molecule has 2 rings (SSSR count). The molecule has 0 spiro atoms. The zero-order valence-corrected chi connectivity index (χ0v) is 11.2. The number of anilines is 1. The van der Waals surface area contributed by atoms with Gasteiger partial charge < -0.3 is 10.5 Å². The first kappa shape index (κ1) is 14.3. The topological polar surface area (TPSA) is 69.4 Å². The van der Waals surface area contributed by atoms with Crippen molar-refractivity contribution >= 4 is 15.5 Å². The van der Waals surface area contributed by atoms with Gasteiger partial charge in [-0.3, -0.25) is 0 Å². The molecule has 0 amide bonds. The number of para-hydroxylation sites is 1. The molecule has 0 aliphatic carbocycles. The molecule has 0 aromatic heterocycles. The van der Waals surface area contributed by atoms with E-state index in [9.17, 15) is 17.2 Å². The van der Waals surface area contributed by atoms with Gasteiger partial charge in [-0.25, -0.2) is 12.8 Å². The van der Waals surface area contributed by atoms with Crippen molar-refractivity contribution in [3.05, 3.63) is 48.0 Å². The van der Waals surface area contributed by atoms with Crippen molar-refractivity contribution < 1.29 is 21.9 Å². The molecule has 0 heterocycles. The smallest absolute Gasteiger partial charge is 0.201 e. The third-order valence-corrected chi connectivity index (χ3v) is 3.72. The Labute approximate surface area is 114 Å². The van der Waals surface area contributed by atoms with Crippen LogP contribution in [0.15, 0.2) is 41.3 Å². The van der Waals surface area contributed by atoms with Crippen LogP contribution in [-0.4, -0.2) is 14.7 Å². The number of nitrogen functional groups attached to an aromatic ring is 1. The maximum Gasteiger partial charge on any atom is 0.201 e. The van der Waals surface area contributed by atoms with Crippen molar-refractivity contribution in [3.63, 3.8) is 0 Å². The molecule has 0 aliphatic heterocycles. The molecular weight excluding hydrogens is 288 g/mol. The molecule has 4 nitrogen and oxygen atoms in total. The van der Waals surface area contributed by atoms with Crippen LogP contribution in [0.5, 0.6) is 11.5 Å². The van der Waals surface area contributed by atoms with Gasteiger partial charge in [0.15, 0.2) is 27.2 Å². The number of halogens is 2. The molecule has 106 valence electrons. The molecule has 0 fully saturated rings. The summed E-state index contributed by atoms with van der Waals surface area (Å²) in [5.74, 6) is -2.67. The van der Waals surface area contributed by atoms with Gasteiger partial charge in [0.25, 0.3) is 0 Å². The fourth-order valence-corrected chi connectivity index (χ4v) is 2.44. The van der Waals surface area contributed by atoms with Crippen LogP contribution >= 0.6 is 0 Å². The van der Waals surface area contributed by atoms with E-state index in [0.29, 0.717) is 0 Å². The van der Waals surface area contributed by atoms with E-state index < -0.39 is 21.5 Å². The summed E-state index contributed by atoms with van der Waals surface area (Å²) in [6.45, 7) is 0. The lowest BCUT2D eigenvalue weighted by atomic mass is 10.3. The van der Waals surface area contributed by atoms with Gasteiger partial charge in [-0.05, 0) is 24.3 Å². The van der Waals surface area contributed by atoms with Gasteiger partial charge in [-0.15, -0.1) is 0 Å². The van der Waals surface area contributed by atoms with E-state index in [1.807, 2.05) is 0 Å². The van der Waals surface area contributed by atoms with E-state index in [1.54, 1.807) is 0 Å². The summed E-state index contributed by atoms with van der Waals surface area (Å²) < 4.78 is 54.7. The zero-order valence-electron chi connectivity index (χ0n) is 10.4. The largest absolute Gasteiger partial charge is 0.452 e. The molecule has 0 atom stereocenters. The SMILES string of the molecule is CS(=O)(=O)c1cccc(Oc2cccc(F)c2F)c1N. The third-order valence-electron chi connectivity index (χ3n) is 2.56. The molecule has 0 unspecified atom stereocenters. The molecular formula is C13H11F2NO3S. The standard InChI is InChI=1S/C13H11F2NO3S/c1-20(17,18)11-7-3-6-10(13(11)16)19-9-5-2-4-8(14)12(9)15/h2-7H,16H2,1H3. The van der Waals surface area contributed by atoms with Crippen LogP contribution in [0.25, 0.3) is 0 Å². The van der Waals surface area contributed by atoms with E-state index in [1.165, 1.54) is 30.3 Å². The Hall–Kier alpha value is -2.15. The molecule has 2 N–H and O–H groups in total. The van der Waals surface area contributed by atoms with Crippen LogP contribution in [0.2, 0.25) is 0 Å². The second kappa shape index (κ2) is 5.09. The Morgan fingerprint density at radius 1 is 1.05 bits per heavy atom. The van der Waals surface area contributed by atoms with E-state index in [0.717, 1.165) is 12.3 Å². The normalized spacial score (nSPS) is 11.3. The molecule has 20 heavy (non-hydrogen) atoms. The van der Waals surface area contributed by atoms with Gasteiger partial charge in [-0.2, -0.15) is 4.39 Å². The Kier molecular flexibility index (Phi) is 3.63. The molecule has 0 saturated heterocycles. The summed E-state index contributed by atoms with van der Waals surface area (Å²) in [7, 11) is -3.54. The second-order valence-electron chi connectivity index (χ2n) is 4.09. The second-order valence-corrected chi connectivity index (χ2v) is 6.08. The monoisotopic (exact) mass is 299 g/mol. The average Bonchev–Trinajstić information content (AvgIpc) is 2.36. The molecule has 0 saturated carbocycles. The molecule has 2 aromatic rings. The highest BCUT2D eigenvalue weighted by Crippen LogP contribution is 2.33. The fraction of sp³-hybridized carbons (Fsp3) is 0.0769. The summed E-state index contributed by atoms with van der Waals surface area (Å²) in [4.78, 5) is -0.133. The van der Waals surface area contributed by atoms with Gasteiger partial charge in [0.05, 0.1) is 10.6 Å². The average molecular weight is 299 g/mol. The highest BCUT2D eigenvalue weighted by atomic mass is 32.2. The minimum Gasteiger partial charge on any atom is -0.452 e. The summed E-state index contributed by atoms with van der Waals surface area (Å²) in [6.07, 6.45) is 0.991. The van der Waals surface area contributed by atoms with E-state index in [4.69, 9.17) is 10.5 Å². The van der Waals surface area contributed by atoms with Crippen LogP contribution < -0.4 is 10.5 Å². The minimum atomic E-state index is -3.54. The number of ether oxygens (including phenoxy) is 1. The van der Waals surface area contributed by atoms with Crippen LogP contribution in [0.3, 0.4) is 0 Å². The number of hydrogen-bond donors (Lipinski definition) is 1. The maximum atomic E-state index is 13.5. The summed E-state index contributed by atoms with van der Waals surface area (Å²) in [5, 5.41) is 0. The van der Waals surface area contributed by atoms with Crippen molar-refractivity contribution in [1.29, 1.82) is 0 Å². The van der Waals surface area contributed by atoms with Crippen molar-refractivity contribution in [3.8, 4) is 11.5 Å². The highest BCUT2D eigenvalue weighted by Gasteiger charge is 2.17. The van der Waals surface area contributed by atoms with Gasteiger partial charge in [0, 0.05) is 6.26 Å². The summed E-state index contributed by atoms with van der Waals surface area (Å²) >= 11 is 0. The minimum absolute atomic E-state index is 0.0579. The number of hydrogen-bond acceptors (Lipinski definition) is 4. The molecule has 0 bridgehead atoms. The molecule has 0 radical (unpaired) electrons. The van der Waals surface area contributed by atoms with Crippen LogP contribution in [0.1, 0.15) is 0 Å². The predicted octanol–water partition coefficient (Wildman–Crippen LogP) is 2.74. The van der Waals surface area contributed by atoms with Crippen LogP contribution in [-0.2, 0) is 9.84 Å².